The van der Waals surface area contributed by atoms with Gasteiger partial charge in [-0.2, -0.15) is 0 Å². The fourth-order valence-corrected chi connectivity index (χ4v) is 4.19. The van der Waals surface area contributed by atoms with Crippen LogP contribution in [0.2, 0.25) is 0 Å². The Morgan fingerprint density at radius 1 is 1.03 bits per heavy atom. The van der Waals surface area contributed by atoms with Gasteiger partial charge in [-0.3, -0.25) is 0 Å². The summed E-state index contributed by atoms with van der Waals surface area (Å²) in [5.41, 5.74) is 2.24. The smallest absolute Gasteiger partial charge is 0.163 e. The lowest BCUT2D eigenvalue weighted by molar-refractivity contribution is 0.0541. The highest BCUT2D eigenvalue weighted by Gasteiger charge is 2.25. The number of piperidine rings is 1. The molecule has 0 spiro atoms. The van der Waals surface area contributed by atoms with Crippen molar-refractivity contribution < 1.29 is 19.0 Å². The molecule has 3 rings (SSSR count). The van der Waals surface area contributed by atoms with Crippen LogP contribution in [0.15, 0.2) is 42.5 Å². The number of aryl methyl sites for hydroxylation is 1. The molecule has 0 amide bonds. The molecule has 1 aliphatic rings. The van der Waals surface area contributed by atoms with Crippen LogP contribution in [-0.4, -0.2) is 50.0 Å². The van der Waals surface area contributed by atoms with Gasteiger partial charge in [-0.15, -0.1) is 0 Å². The van der Waals surface area contributed by atoms with Gasteiger partial charge in [0.2, 0.25) is 0 Å². The van der Waals surface area contributed by atoms with E-state index < -0.39 is 0 Å². The summed E-state index contributed by atoms with van der Waals surface area (Å²) in [5, 5.41) is 10.7. The molecule has 0 aliphatic carbocycles. The van der Waals surface area contributed by atoms with E-state index in [4.69, 9.17) is 9.47 Å². The van der Waals surface area contributed by atoms with E-state index in [-0.39, 0.29) is 11.9 Å². The number of rotatable bonds is 9. The second-order valence-corrected chi connectivity index (χ2v) is 7.81. The van der Waals surface area contributed by atoms with Crippen LogP contribution in [0.4, 0.5) is 4.39 Å². The molecule has 0 saturated carbocycles. The predicted octanol–water partition coefficient (Wildman–Crippen LogP) is 4.09. The number of nitrogens with zero attached hydrogens (tertiary/aromatic N) is 1. The largest absolute Gasteiger partial charge is 0.493 e. The maximum atomic E-state index is 13.0. The van der Waals surface area contributed by atoms with Crippen molar-refractivity contribution in [2.45, 2.75) is 38.2 Å². The van der Waals surface area contributed by atoms with Crippen molar-refractivity contribution in [1.82, 2.24) is 4.90 Å². The summed E-state index contributed by atoms with van der Waals surface area (Å²) < 4.78 is 23.9. The van der Waals surface area contributed by atoms with Crippen LogP contribution < -0.4 is 9.47 Å². The molecule has 29 heavy (non-hydrogen) atoms. The van der Waals surface area contributed by atoms with Crippen LogP contribution in [0.3, 0.4) is 0 Å². The standard InChI is InChI=1S/C24H32FNO3/c1-28-23-5-3-4-20(24(23)29-2)8-11-22(27)19-13-16-26(17-14-19)15-12-18-6-9-21(25)10-7-18/h3-7,9-10,19,22,27H,8,11-17H2,1-2H3/t22-/m1/s1. The first-order chi connectivity index (χ1) is 14.1. The number of hydrogen-bond acceptors (Lipinski definition) is 4. The van der Waals surface area contributed by atoms with Crippen molar-refractivity contribution in [1.29, 1.82) is 0 Å². The molecule has 0 unspecified atom stereocenters. The highest BCUT2D eigenvalue weighted by molar-refractivity contribution is 5.46. The molecular formula is C24H32FNO3. The van der Waals surface area contributed by atoms with Crippen molar-refractivity contribution in [2.24, 2.45) is 5.92 Å². The molecule has 5 heteroatoms. The van der Waals surface area contributed by atoms with E-state index in [1.807, 2.05) is 30.3 Å². The van der Waals surface area contributed by atoms with Crippen molar-refractivity contribution in [3.05, 3.63) is 59.4 Å². The van der Waals surface area contributed by atoms with Gasteiger partial charge in [0, 0.05) is 6.54 Å². The van der Waals surface area contributed by atoms with Crippen molar-refractivity contribution in [3.63, 3.8) is 0 Å². The first-order valence-corrected chi connectivity index (χ1v) is 10.5. The average Bonchev–Trinajstić information content (AvgIpc) is 2.77. The monoisotopic (exact) mass is 401 g/mol. The van der Waals surface area contributed by atoms with Crippen LogP contribution in [0.1, 0.15) is 30.4 Å². The number of methoxy groups -OCH3 is 2. The number of benzene rings is 2. The van der Waals surface area contributed by atoms with Crippen molar-refractivity contribution >= 4 is 0 Å². The third-order valence-electron chi connectivity index (χ3n) is 6.00. The highest BCUT2D eigenvalue weighted by atomic mass is 19.1. The van der Waals surface area contributed by atoms with Gasteiger partial charge in [0.15, 0.2) is 11.5 Å². The second-order valence-electron chi connectivity index (χ2n) is 7.81. The first-order valence-electron chi connectivity index (χ1n) is 10.5. The molecule has 0 bridgehead atoms. The van der Waals surface area contributed by atoms with E-state index in [1.54, 1.807) is 14.2 Å². The van der Waals surface area contributed by atoms with E-state index in [2.05, 4.69) is 4.90 Å². The van der Waals surface area contributed by atoms with Gasteiger partial charge in [0.05, 0.1) is 20.3 Å². The number of para-hydroxylation sites is 1. The zero-order valence-corrected chi connectivity index (χ0v) is 17.4. The Kier molecular flexibility index (Phi) is 7.90. The summed E-state index contributed by atoms with van der Waals surface area (Å²) >= 11 is 0. The van der Waals surface area contributed by atoms with Crippen LogP contribution >= 0.6 is 0 Å². The van der Waals surface area contributed by atoms with Gasteiger partial charge >= 0.3 is 0 Å². The molecule has 4 nitrogen and oxygen atoms in total. The van der Waals surface area contributed by atoms with Gasteiger partial charge in [0.25, 0.3) is 0 Å². The number of ether oxygens (including phenoxy) is 2. The van der Waals surface area contributed by atoms with E-state index >= 15 is 0 Å². The molecule has 1 fully saturated rings. The lowest BCUT2D eigenvalue weighted by atomic mass is 9.88. The third-order valence-corrected chi connectivity index (χ3v) is 6.00. The molecule has 2 aromatic carbocycles. The Balaban J connectivity index is 1.43. The van der Waals surface area contributed by atoms with Crippen molar-refractivity contribution in [2.75, 3.05) is 33.9 Å². The summed E-state index contributed by atoms with van der Waals surface area (Å²) in [7, 11) is 3.29. The Hall–Kier alpha value is -2.11. The summed E-state index contributed by atoms with van der Waals surface area (Å²) in [5.74, 6) is 1.65. The predicted molar refractivity (Wildman–Crippen MR) is 113 cm³/mol. The molecule has 0 radical (unpaired) electrons. The quantitative estimate of drug-likeness (QED) is 0.687. The summed E-state index contributed by atoms with van der Waals surface area (Å²) in [6, 6.07) is 12.6. The number of halogens is 1. The lowest BCUT2D eigenvalue weighted by Crippen LogP contribution is -2.38. The first kappa shape index (κ1) is 21.6. The molecule has 1 N–H and O–H groups in total. The summed E-state index contributed by atoms with van der Waals surface area (Å²) in [4.78, 5) is 2.44. The SMILES string of the molecule is COc1cccc(CC[C@@H](O)C2CCN(CCc3ccc(F)cc3)CC2)c1OC. The van der Waals surface area contributed by atoms with Crippen molar-refractivity contribution in [3.8, 4) is 11.5 Å². The number of likely N-dealkylation sites (tertiary alicyclic amines) is 1. The molecule has 1 heterocycles. The average molecular weight is 402 g/mol. The number of hydrogen-bond donors (Lipinski definition) is 1. The molecule has 0 aromatic heterocycles. The van der Waals surface area contributed by atoms with Crippen LogP contribution in [0.25, 0.3) is 0 Å². The number of aliphatic hydroxyl groups is 1. The Bertz CT molecular complexity index is 757. The normalized spacial score (nSPS) is 16.6. The topological polar surface area (TPSA) is 41.9 Å². The zero-order valence-electron chi connectivity index (χ0n) is 17.4. The molecule has 1 saturated heterocycles. The number of aliphatic hydroxyl groups excluding tert-OH is 1. The molecule has 1 aliphatic heterocycles. The van der Waals surface area contributed by atoms with E-state index in [9.17, 15) is 9.50 Å². The van der Waals surface area contributed by atoms with Gasteiger partial charge in [-0.1, -0.05) is 24.3 Å². The maximum Gasteiger partial charge on any atom is 0.163 e. The van der Waals surface area contributed by atoms with E-state index in [0.717, 1.165) is 68.8 Å². The van der Waals surface area contributed by atoms with Gasteiger partial charge in [-0.25, -0.2) is 4.39 Å². The summed E-state index contributed by atoms with van der Waals surface area (Å²) in [6.45, 7) is 2.99. The van der Waals surface area contributed by atoms with Crippen LogP contribution in [-0.2, 0) is 12.8 Å². The van der Waals surface area contributed by atoms with E-state index in [0.29, 0.717) is 5.92 Å². The van der Waals surface area contributed by atoms with Gasteiger partial charge in [-0.05, 0) is 80.4 Å². The third kappa shape index (κ3) is 5.94. The van der Waals surface area contributed by atoms with E-state index in [1.165, 1.54) is 17.7 Å². The Labute approximate surface area is 173 Å². The second kappa shape index (κ2) is 10.6. The minimum absolute atomic E-state index is 0.185. The van der Waals surface area contributed by atoms with Gasteiger partial charge < -0.3 is 19.5 Å². The zero-order chi connectivity index (χ0) is 20.6. The fraction of sp³-hybridized carbons (Fsp3) is 0.500. The highest BCUT2D eigenvalue weighted by Crippen LogP contribution is 2.32. The summed E-state index contributed by atoms with van der Waals surface area (Å²) in [6.07, 6.45) is 4.16. The Morgan fingerprint density at radius 3 is 2.41 bits per heavy atom. The minimum Gasteiger partial charge on any atom is -0.493 e. The molecular weight excluding hydrogens is 369 g/mol. The Morgan fingerprint density at radius 2 is 1.76 bits per heavy atom. The molecule has 2 aromatic rings. The fourth-order valence-electron chi connectivity index (χ4n) is 4.19. The molecule has 1 atom stereocenters. The minimum atomic E-state index is -0.301. The van der Waals surface area contributed by atoms with Crippen LogP contribution in [0.5, 0.6) is 11.5 Å². The maximum absolute atomic E-state index is 13.0. The van der Waals surface area contributed by atoms with Crippen LogP contribution in [0, 0.1) is 11.7 Å². The lowest BCUT2D eigenvalue weighted by Gasteiger charge is -2.34. The molecule has 158 valence electrons. The van der Waals surface area contributed by atoms with Gasteiger partial charge in [0.1, 0.15) is 5.82 Å².